The van der Waals surface area contributed by atoms with Gasteiger partial charge in [-0.1, -0.05) is 12.1 Å². The van der Waals surface area contributed by atoms with Crippen molar-refractivity contribution in [1.82, 2.24) is 4.98 Å². The maximum Gasteiger partial charge on any atom is 0.416 e. The molecule has 0 unspecified atom stereocenters. The Bertz CT molecular complexity index is 675. The molecule has 1 aromatic heterocycles. The van der Waals surface area contributed by atoms with Crippen LogP contribution in [0.15, 0.2) is 28.7 Å². The minimum atomic E-state index is -4.34. The number of aromatic nitrogens is 1. The predicted molar refractivity (Wildman–Crippen MR) is 76.0 cm³/mol. The monoisotopic (exact) mass is 327 g/mol. The highest BCUT2D eigenvalue weighted by Crippen LogP contribution is 2.29. The van der Waals surface area contributed by atoms with Crippen LogP contribution in [-0.4, -0.2) is 17.6 Å². The Labute approximate surface area is 131 Å². The van der Waals surface area contributed by atoms with Gasteiger partial charge >= 0.3 is 12.1 Å². The fraction of sp³-hybridized carbons (Fsp3) is 0.375. The van der Waals surface area contributed by atoms with Gasteiger partial charge in [-0.2, -0.15) is 13.2 Å². The molecule has 2 aromatic rings. The number of nitrogens with zero attached hydrogens (tertiary/aromatic N) is 1. The smallest absolute Gasteiger partial charge is 0.416 e. The van der Waals surface area contributed by atoms with Crippen LogP contribution in [0.4, 0.5) is 13.2 Å². The molecule has 0 amide bonds. The number of alkyl halides is 3. The second kappa shape index (κ2) is 6.85. The third kappa shape index (κ3) is 4.34. The fourth-order valence-electron chi connectivity index (χ4n) is 2.06. The Morgan fingerprint density at radius 1 is 1.22 bits per heavy atom. The summed E-state index contributed by atoms with van der Waals surface area (Å²) >= 11 is 0. The van der Waals surface area contributed by atoms with E-state index in [-0.39, 0.29) is 12.4 Å². The number of aryl methyl sites for hydroxylation is 3. The summed E-state index contributed by atoms with van der Waals surface area (Å²) in [5.74, 6) is -0.155. The molecule has 0 spiro atoms. The molecule has 0 saturated carbocycles. The van der Waals surface area contributed by atoms with Crippen LogP contribution in [0.3, 0.4) is 0 Å². The van der Waals surface area contributed by atoms with Crippen LogP contribution in [-0.2, 0) is 23.8 Å². The Hall–Kier alpha value is -2.31. The van der Waals surface area contributed by atoms with Crippen molar-refractivity contribution < 1.29 is 27.1 Å². The van der Waals surface area contributed by atoms with E-state index in [0.717, 1.165) is 17.7 Å². The Kier molecular flexibility index (Phi) is 5.08. The van der Waals surface area contributed by atoms with Crippen LogP contribution in [0, 0.1) is 6.92 Å². The molecule has 1 aromatic carbocycles. The lowest BCUT2D eigenvalue weighted by atomic mass is 10.1. The predicted octanol–water partition coefficient (Wildman–Crippen LogP) is 3.96. The summed E-state index contributed by atoms with van der Waals surface area (Å²) in [4.78, 5) is 15.8. The second-order valence-electron chi connectivity index (χ2n) is 4.94. The zero-order chi connectivity index (χ0) is 17.0. The zero-order valence-corrected chi connectivity index (χ0v) is 12.7. The summed E-state index contributed by atoms with van der Waals surface area (Å²) in [6, 6.07) is 4.93. The Morgan fingerprint density at radius 2 is 1.87 bits per heavy atom. The van der Waals surface area contributed by atoms with E-state index < -0.39 is 17.7 Å². The molecule has 0 saturated heterocycles. The Balaban J connectivity index is 2.01. The summed E-state index contributed by atoms with van der Waals surface area (Å²) in [5.41, 5.74) is 0.482. The summed E-state index contributed by atoms with van der Waals surface area (Å²) in [5, 5.41) is 0. The van der Waals surface area contributed by atoms with E-state index in [0.29, 0.717) is 24.4 Å². The molecule has 0 N–H and O–H groups in total. The van der Waals surface area contributed by atoms with Crippen LogP contribution in [0.2, 0.25) is 0 Å². The highest BCUT2D eigenvalue weighted by Gasteiger charge is 2.29. The van der Waals surface area contributed by atoms with E-state index in [1.54, 1.807) is 13.8 Å². The molecule has 0 radical (unpaired) electrons. The molecule has 0 aliphatic rings. The molecular formula is C16H16F3NO3. The van der Waals surface area contributed by atoms with Gasteiger partial charge in [0.1, 0.15) is 0 Å². The average molecular weight is 327 g/mol. The molecule has 124 valence electrons. The van der Waals surface area contributed by atoms with E-state index >= 15 is 0 Å². The normalized spacial score (nSPS) is 11.5. The number of oxazole rings is 1. The van der Waals surface area contributed by atoms with Gasteiger partial charge in [0.2, 0.25) is 5.76 Å². The third-order valence-electron chi connectivity index (χ3n) is 3.21. The molecule has 0 fully saturated rings. The number of hydrogen-bond donors (Lipinski definition) is 0. The minimum absolute atomic E-state index is 0.0641. The molecule has 0 bridgehead atoms. The number of esters is 1. The topological polar surface area (TPSA) is 52.3 Å². The number of ether oxygens (including phenoxy) is 1. The largest absolute Gasteiger partial charge is 0.460 e. The Morgan fingerprint density at radius 3 is 2.43 bits per heavy atom. The molecule has 0 aliphatic carbocycles. The van der Waals surface area contributed by atoms with E-state index in [9.17, 15) is 18.0 Å². The van der Waals surface area contributed by atoms with Gasteiger partial charge in [-0.15, -0.1) is 0 Å². The molecule has 4 nitrogen and oxygen atoms in total. The molecule has 1 heterocycles. The van der Waals surface area contributed by atoms with Crippen molar-refractivity contribution in [2.45, 2.75) is 32.9 Å². The van der Waals surface area contributed by atoms with Gasteiger partial charge in [-0.25, -0.2) is 9.78 Å². The highest BCUT2D eigenvalue weighted by atomic mass is 19.4. The van der Waals surface area contributed by atoms with Crippen molar-refractivity contribution >= 4 is 5.97 Å². The number of halogens is 3. The van der Waals surface area contributed by atoms with Crippen LogP contribution in [0.25, 0.3) is 0 Å². The van der Waals surface area contributed by atoms with Crippen molar-refractivity contribution in [2.24, 2.45) is 0 Å². The zero-order valence-electron chi connectivity index (χ0n) is 12.7. The third-order valence-corrected chi connectivity index (χ3v) is 3.21. The van der Waals surface area contributed by atoms with Gasteiger partial charge < -0.3 is 9.15 Å². The van der Waals surface area contributed by atoms with Crippen molar-refractivity contribution in [3.8, 4) is 0 Å². The van der Waals surface area contributed by atoms with Crippen LogP contribution in [0.5, 0.6) is 0 Å². The lowest BCUT2D eigenvalue weighted by molar-refractivity contribution is -0.137. The van der Waals surface area contributed by atoms with E-state index in [4.69, 9.17) is 9.15 Å². The van der Waals surface area contributed by atoms with Gasteiger partial charge in [0.25, 0.3) is 0 Å². The van der Waals surface area contributed by atoms with E-state index in [1.807, 2.05) is 0 Å². The number of carbonyl (C=O) groups is 1. The molecule has 23 heavy (non-hydrogen) atoms. The van der Waals surface area contributed by atoms with Crippen molar-refractivity contribution in [3.63, 3.8) is 0 Å². The standard InChI is InChI=1S/C16H16F3NO3/c1-3-22-15(21)14-10(2)20-13(23-14)9-6-11-4-7-12(8-5-11)16(17,18)19/h4-5,7-8H,3,6,9H2,1-2H3. The second-order valence-corrected chi connectivity index (χ2v) is 4.94. The fourth-order valence-corrected chi connectivity index (χ4v) is 2.06. The van der Waals surface area contributed by atoms with E-state index in [2.05, 4.69) is 4.98 Å². The van der Waals surface area contributed by atoms with Gasteiger partial charge in [0.05, 0.1) is 17.9 Å². The first kappa shape index (κ1) is 17.1. The summed E-state index contributed by atoms with van der Waals surface area (Å²) in [7, 11) is 0. The number of benzene rings is 1. The van der Waals surface area contributed by atoms with Crippen LogP contribution >= 0.6 is 0 Å². The number of carbonyl (C=O) groups excluding carboxylic acids is 1. The van der Waals surface area contributed by atoms with Crippen LogP contribution < -0.4 is 0 Å². The molecule has 0 atom stereocenters. The minimum Gasteiger partial charge on any atom is -0.460 e. The quantitative estimate of drug-likeness (QED) is 0.780. The number of hydrogen-bond acceptors (Lipinski definition) is 4. The van der Waals surface area contributed by atoms with Crippen molar-refractivity contribution in [2.75, 3.05) is 6.61 Å². The summed E-state index contributed by atoms with van der Waals surface area (Å²) < 4.78 is 47.7. The lowest BCUT2D eigenvalue weighted by Crippen LogP contribution is -2.04. The maximum absolute atomic E-state index is 12.5. The van der Waals surface area contributed by atoms with Gasteiger partial charge in [0, 0.05) is 6.42 Å². The maximum atomic E-state index is 12.5. The molecule has 2 rings (SSSR count). The summed E-state index contributed by atoms with van der Waals surface area (Å²) in [6.45, 7) is 3.56. The van der Waals surface area contributed by atoms with Gasteiger partial charge in [0.15, 0.2) is 5.89 Å². The van der Waals surface area contributed by atoms with Gasteiger partial charge in [-0.05, 0) is 38.0 Å². The van der Waals surface area contributed by atoms with E-state index in [1.165, 1.54) is 12.1 Å². The van der Waals surface area contributed by atoms with Gasteiger partial charge in [-0.3, -0.25) is 0 Å². The summed E-state index contributed by atoms with van der Waals surface area (Å²) in [6.07, 6.45) is -3.50. The lowest BCUT2D eigenvalue weighted by Gasteiger charge is -2.07. The number of rotatable bonds is 5. The SMILES string of the molecule is CCOC(=O)c1oc(CCc2ccc(C(F)(F)F)cc2)nc1C. The molecule has 0 aliphatic heterocycles. The van der Waals surface area contributed by atoms with Crippen molar-refractivity contribution in [3.05, 3.63) is 52.7 Å². The first-order chi connectivity index (χ1) is 10.8. The average Bonchev–Trinajstić information content (AvgIpc) is 2.86. The highest BCUT2D eigenvalue weighted by molar-refractivity contribution is 5.87. The first-order valence-corrected chi connectivity index (χ1v) is 7.10. The first-order valence-electron chi connectivity index (χ1n) is 7.10. The molecule has 7 heteroatoms. The van der Waals surface area contributed by atoms with Crippen molar-refractivity contribution in [1.29, 1.82) is 0 Å². The van der Waals surface area contributed by atoms with Crippen LogP contribution in [0.1, 0.15) is 40.2 Å². The molecular weight excluding hydrogens is 311 g/mol.